The molecule has 1 radical (unpaired) electrons. The van der Waals surface area contributed by atoms with E-state index in [0.717, 1.165) is 5.92 Å². The minimum atomic E-state index is 0.849. The molecule has 0 rings (SSSR count). The molecule has 12 heavy (non-hydrogen) atoms. The van der Waals surface area contributed by atoms with Crippen molar-refractivity contribution in [1.29, 1.82) is 0 Å². The van der Waals surface area contributed by atoms with Crippen molar-refractivity contribution in [3.63, 3.8) is 0 Å². The van der Waals surface area contributed by atoms with Crippen molar-refractivity contribution in [2.75, 3.05) is 0 Å². The van der Waals surface area contributed by atoms with Crippen LogP contribution in [-0.2, 0) is 0 Å². The Kier molecular flexibility index (Phi) is 9.09. The largest absolute Gasteiger partial charge is 0.0654 e. The molecule has 0 saturated carbocycles. The molecule has 0 aromatic carbocycles. The van der Waals surface area contributed by atoms with Crippen LogP contribution in [0.15, 0.2) is 0 Å². The zero-order valence-electron chi connectivity index (χ0n) is 9.10. The molecule has 0 aromatic heterocycles. The van der Waals surface area contributed by atoms with Crippen LogP contribution in [0, 0.1) is 12.3 Å². The monoisotopic (exact) mass is 169 g/mol. The molecule has 0 aromatic rings. The van der Waals surface area contributed by atoms with Crippen molar-refractivity contribution in [1.82, 2.24) is 0 Å². The van der Waals surface area contributed by atoms with E-state index in [0.29, 0.717) is 0 Å². The second-order valence-electron chi connectivity index (χ2n) is 3.85. The van der Waals surface area contributed by atoms with E-state index in [2.05, 4.69) is 27.2 Å². The third-order valence-corrected chi connectivity index (χ3v) is 2.37. The van der Waals surface area contributed by atoms with Crippen LogP contribution >= 0.6 is 0 Å². The molecule has 1 unspecified atom stereocenters. The minimum absolute atomic E-state index is 0.849. The summed E-state index contributed by atoms with van der Waals surface area (Å²) in [4.78, 5) is 0. The Morgan fingerprint density at radius 2 is 1.75 bits per heavy atom. The molecule has 0 heteroatoms. The highest BCUT2D eigenvalue weighted by molar-refractivity contribution is 4.71. The molecule has 73 valence electrons. The number of hydrogen-bond acceptors (Lipinski definition) is 0. The van der Waals surface area contributed by atoms with Gasteiger partial charge in [0.15, 0.2) is 0 Å². The van der Waals surface area contributed by atoms with Gasteiger partial charge in [-0.1, -0.05) is 65.7 Å². The van der Waals surface area contributed by atoms with Crippen molar-refractivity contribution >= 4 is 0 Å². The zero-order chi connectivity index (χ0) is 9.23. The van der Waals surface area contributed by atoms with Gasteiger partial charge in [-0.2, -0.15) is 0 Å². The summed E-state index contributed by atoms with van der Waals surface area (Å²) in [7, 11) is 0. The summed E-state index contributed by atoms with van der Waals surface area (Å²) < 4.78 is 0. The summed E-state index contributed by atoms with van der Waals surface area (Å²) in [5.41, 5.74) is 0. The fraction of sp³-hybridized carbons (Fsp3) is 0.917. The molecule has 0 amide bonds. The molecule has 0 spiro atoms. The minimum Gasteiger partial charge on any atom is -0.0654 e. The van der Waals surface area contributed by atoms with E-state index < -0.39 is 0 Å². The Labute approximate surface area is 78.8 Å². The van der Waals surface area contributed by atoms with E-state index in [4.69, 9.17) is 0 Å². The quantitative estimate of drug-likeness (QED) is 0.466. The number of hydrogen-bond donors (Lipinski definition) is 0. The first-order valence-electron chi connectivity index (χ1n) is 5.64. The second-order valence-corrected chi connectivity index (χ2v) is 3.85. The summed E-state index contributed by atoms with van der Waals surface area (Å²) in [5.74, 6) is 0.849. The lowest BCUT2D eigenvalue weighted by Crippen LogP contribution is -1.95. The van der Waals surface area contributed by atoms with E-state index in [-0.39, 0.29) is 0 Å². The molecule has 0 aliphatic heterocycles. The first-order chi connectivity index (χ1) is 5.81. The van der Waals surface area contributed by atoms with Gasteiger partial charge in [-0.15, -0.1) is 0 Å². The average Bonchev–Trinajstić information content (AvgIpc) is 2.09. The maximum atomic E-state index is 2.48. The van der Waals surface area contributed by atoms with Crippen LogP contribution in [-0.4, -0.2) is 0 Å². The van der Waals surface area contributed by atoms with Gasteiger partial charge in [0.1, 0.15) is 0 Å². The van der Waals surface area contributed by atoms with Gasteiger partial charge in [0.2, 0.25) is 0 Å². The highest BCUT2D eigenvalue weighted by atomic mass is 14.1. The molecule has 0 saturated heterocycles. The number of unbranched alkanes of at least 4 members (excludes halogenated alkanes) is 4. The zero-order valence-corrected chi connectivity index (χ0v) is 9.10. The lowest BCUT2D eigenvalue weighted by atomic mass is 9.97. The molecule has 0 aliphatic rings. The lowest BCUT2D eigenvalue weighted by molar-refractivity contribution is 0.523. The van der Waals surface area contributed by atoms with Gasteiger partial charge in [-0.25, -0.2) is 0 Å². The first kappa shape index (κ1) is 12.0. The van der Waals surface area contributed by atoms with Crippen molar-refractivity contribution in [2.24, 2.45) is 5.92 Å². The van der Waals surface area contributed by atoms with Crippen LogP contribution in [0.2, 0.25) is 0 Å². The topological polar surface area (TPSA) is 0 Å². The molecule has 0 nitrogen and oxygen atoms in total. The van der Waals surface area contributed by atoms with Gasteiger partial charge >= 0.3 is 0 Å². The molecule has 0 N–H and O–H groups in total. The number of rotatable bonds is 8. The Hall–Kier alpha value is 0. The highest BCUT2D eigenvalue weighted by Gasteiger charge is 2.00. The van der Waals surface area contributed by atoms with Crippen molar-refractivity contribution < 1.29 is 0 Å². The van der Waals surface area contributed by atoms with Gasteiger partial charge in [-0.3, -0.25) is 0 Å². The molecule has 0 bridgehead atoms. The smallest absolute Gasteiger partial charge is 0.0358 e. The van der Waals surface area contributed by atoms with E-state index in [9.17, 15) is 0 Å². The Bertz CT molecular complexity index is 76.1. The predicted octanol–water partition coefficient (Wildman–Crippen LogP) is 4.60. The predicted molar refractivity (Wildman–Crippen MR) is 57.1 cm³/mol. The lowest BCUT2D eigenvalue weighted by Gasteiger charge is -2.09. The third-order valence-electron chi connectivity index (χ3n) is 2.37. The summed E-state index contributed by atoms with van der Waals surface area (Å²) in [6, 6.07) is 0. The molecule has 0 heterocycles. The molecule has 0 fully saturated rings. The second kappa shape index (κ2) is 9.09. The van der Waals surface area contributed by atoms with Gasteiger partial charge in [0.25, 0.3) is 0 Å². The SMILES string of the molecule is CCC[CH]C(C)CCCCCC. The highest BCUT2D eigenvalue weighted by Crippen LogP contribution is 2.15. The van der Waals surface area contributed by atoms with Crippen LogP contribution in [0.1, 0.15) is 65.7 Å². The molecule has 1 atom stereocenters. The average molecular weight is 169 g/mol. The van der Waals surface area contributed by atoms with E-state index in [1.165, 1.54) is 44.9 Å². The normalized spacial score (nSPS) is 13.2. The van der Waals surface area contributed by atoms with Crippen molar-refractivity contribution in [3.05, 3.63) is 6.42 Å². The van der Waals surface area contributed by atoms with Gasteiger partial charge in [0, 0.05) is 0 Å². The van der Waals surface area contributed by atoms with Crippen LogP contribution in [0.4, 0.5) is 0 Å². The Balaban J connectivity index is 3.02. The maximum absolute atomic E-state index is 2.48. The molecule has 0 aliphatic carbocycles. The fourth-order valence-electron chi connectivity index (χ4n) is 1.46. The van der Waals surface area contributed by atoms with Crippen LogP contribution in [0.25, 0.3) is 0 Å². The van der Waals surface area contributed by atoms with E-state index in [1.807, 2.05) is 0 Å². The van der Waals surface area contributed by atoms with E-state index in [1.54, 1.807) is 0 Å². The van der Waals surface area contributed by atoms with Gasteiger partial charge in [0.05, 0.1) is 0 Å². The van der Waals surface area contributed by atoms with Crippen LogP contribution in [0.3, 0.4) is 0 Å². The third kappa shape index (κ3) is 8.10. The summed E-state index contributed by atoms with van der Waals surface area (Å²) >= 11 is 0. The molecular weight excluding hydrogens is 144 g/mol. The Morgan fingerprint density at radius 3 is 2.33 bits per heavy atom. The van der Waals surface area contributed by atoms with E-state index >= 15 is 0 Å². The summed E-state index contributed by atoms with van der Waals surface area (Å²) in [5, 5.41) is 0. The standard InChI is InChI=1S/C12H25/c1-4-6-8-9-11-12(3)10-7-5-2/h10,12H,4-9,11H2,1-3H3. The van der Waals surface area contributed by atoms with Crippen molar-refractivity contribution in [2.45, 2.75) is 65.7 Å². The Morgan fingerprint density at radius 1 is 1.00 bits per heavy atom. The maximum Gasteiger partial charge on any atom is -0.0358 e. The van der Waals surface area contributed by atoms with Crippen LogP contribution in [0.5, 0.6) is 0 Å². The van der Waals surface area contributed by atoms with Gasteiger partial charge in [-0.05, 0) is 12.3 Å². The van der Waals surface area contributed by atoms with Crippen LogP contribution < -0.4 is 0 Å². The fourth-order valence-corrected chi connectivity index (χ4v) is 1.46. The summed E-state index contributed by atoms with van der Waals surface area (Å²) in [6.07, 6.45) is 12.1. The first-order valence-corrected chi connectivity index (χ1v) is 5.64. The molecular formula is C12H25. The summed E-state index contributed by atoms with van der Waals surface area (Å²) in [6.45, 7) is 6.87. The van der Waals surface area contributed by atoms with Gasteiger partial charge < -0.3 is 0 Å². The van der Waals surface area contributed by atoms with Crippen molar-refractivity contribution in [3.8, 4) is 0 Å².